The number of nitrogens with zero attached hydrogens (tertiary/aromatic N) is 1. The Kier molecular flexibility index (Phi) is 4.40. The molecule has 2 aromatic rings. The fourth-order valence-corrected chi connectivity index (χ4v) is 3.54. The lowest BCUT2D eigenvalue weighted by atomic mass is 10.3. The summed E-state index contributed by atoms with van der Waals surface area (Å²) in [5.41, 5.74) is 0.545. The molecule has 0 saturated carbocycles. The highest BCUT2D eigenvalue weighted by Gasteiger charge is 2.23. The van der Waals surface area contributed by atoms with Crippen LogP contribution in [0.25, 0.3) is 0 Å². The largest absolute Gasteiger partial charge is 0.495 e. The van der Waals surface area contributed by atoms with Crippen molar-refractivity contribution < 1.29 is 17.7 Å². The van der Waals surface area contributed by atoms with Crippen LogP contribution in [0.2, 0.25) is 0 Å². The maximum Gasteiger partial charge on any atom is 0.268 e. The topological polar surface area (TPSA) is 81.4 Å². The van der Waals surface area contributed by atoms with Gasteiger partial charge in [0.05, 0.1) is 12.8 Å². The van der Waals surface area contributed by atoms with Gasteiger partial charge < -0.3 is 9.26 Å². The Morgan fingerprint density at radius 2 is 2.05 bits per heavy atom. The number of aryl methyl sites for hydroxylation is 1. The van der Waals surface area contributed by atoms with Crippen molar-refractivity contribution in [2.75, 3.05) is 11.8 Å². The van der Waals surface area contributed by atoms with Gasteiger partial charge in [0.15, 0.2) is 0 Å². The summed E-state index contributed by atoms with van der Waals surface area (Å²) in [6.45, 7) is 1.69. The smallest absolute Gasteiger partial charge is 0.268 e. The van der Waals surface area contributed by atoms with Crippen molar-refractivity contribution in [2.45, 2.75) is 11.8 Å². The van der Waals surface area contributed by atoms with E-state index in [1.165, 1.54) is 13.2 Å². The molecule has 6 nitrogen and oxygen atoms in total. The Bertz CT molecular complexity index is 743. The first-order chi connectivity index (χ1) is 9.35. The Labute approximate surface area is 132 Å². The lowest BCUT2D eigenvalue weighted by Gasteiger charge is -2.10. The predicted octanol–water partition coefficient (Wildman–Crippen LogP) is 3.32. The van der Waals surface area contributed by atoms with Crippen molar-refractivity contribution in [3.63, 3.8) is 0 Å². The Morgan fingerprint density at radius 1 is 1.35 bits per heavy atom. The fraction of sp³-hybridized carbons (Fsp3) is 0.182. The number of sulfonamides is 1. The molecule has 0 saturated heterocycles. The Morgan fingerprint density at radius 3 is 2.60 bits per heavy atom. The van der Waals surface area contributed by atoms with Crippen molar-refractivity contribution in [1.82, 2.24) is 5.16 Å². The fourth-order valence-electron chi connectivity index (χ4n) is 1.46. The van der Waals surface area contributed by atoms with Crippen LogP contribution in [0.1, 0.15) is 5.69 Å². The van der Waals surface area contributed by atoms with E-state index in [0.717, 1.165) is 0 Å². The standard InChI is InChI=1S/C11H10Br2N2O4S/c1-6-10(13)11(19-14-6)15-20(16,17)9-5-7(12)3-4-8(9)18-2/h3-5,15H,1-2H3. The van der Waals surface area contributed by atoms with Gasteiger partial charge in [0.1, 0.15) is 15.1 Å². The maximum absolute atomic E-state index is 12.4. The zero-order chi connectivity index (χ0) is 14.9. The summed E-state index contributed by atoms with van der Waals surface area (Å²) in [6, 6.07) is 4.68. The van der Waals surface area contributed by atoms with Gasteiger partial charge in [-0.1, -0.05) is 21.1 Å². The molecule has 0 unspecified atom stereocenters. The third-order valence-electron chi connectivity index (χ3n) is 2.43. The molecule has 1 N–H and O–H groups in total. The normalized spacial score (nSPS) is 11.4. The number of benzene rings is 1. The van der Waals surface area contributed by atoms with Gasteiger partial charge in [0.2, 0.25) is 0 Å². The maximum atomic E-state index is 12.4. The van der Waals surface area contributed by atoms with Gasteiger partial charge in [0, 0.05) is 4.47 Å². The lowest BCUT2D eigenvalue weighted by molar-refractivity contribution is 0.402. The molecule has 1 aromatic heterocycles. The van der Waals surface area contributed by atoms with Crippen LogP contribution < -0.4 is 9.46 Å². The molecule has 0 aliphatic rings. The van der Waals surface area contributed by atoms with Gasteiger partial charge in [-0.2, -0.15) is 0 Å². The van der Waals surface area contributed by atoms with Gasteiger partial charge in [-0.25, -0.2) is 13.1 Å². The van der Waals surface area contributed by atoms with Crippen LogP contribution in [0, 0.1) is 6.92 Å². The third kappa shape index (κ3) is 2.99. The second-order valence-corrected chi connectivity index (χ2v) is 7.17. The molecular weight excluding hydrogens is 416 g/mol. The number of hydrogen-bond acceptors (Lipinski definition) is 5. The molecule has 0 aliphatic carbocycles. The lowest BCUT2D eigenvalue weighted by Crippen LogP contribution is -2.14. The van der Waals surface area contributed by atoms with Crippen molar-refractivity contribution in [3.8, 4) is 5.75 Å². The molecule has 1 heterocycles. The molecule has 0 bridgehead atoms. The number of methoxy groups -OCH3 is 1. The minimum atomic E-state index is -3.86. The van der Waals surface area contributed by atoms with Gasteiger partial charge in [-0.05, 0) is 41.1 Å². The van der Waals surface area contributed by atoms with Gasteiger partial charge in [-0.15, -0.1) is 0 Å². The summed E-state index contributed by atoms with van der Waals surface area (Å²) >= 11 is 6.43. The first-order valence-corrected chi connectivity index (χ1v) is 8.40. The Balaban J connectivity index is 2.45. The second kappa shape index (κ2) is 5.74. The number of halogens is 2. The summed E-state index contributed by atoms with van der Waals surface area (Å²) in [6.07, 6.45) is 0. The average molecular weight is 426 g/mol. The monoisotopic (exact) mass is 424 g/mol. The van der Waals surface area contributed by atoms with Crippen LogP contribution >= 0.6 is 31.9 Å². The number of aromatic nitrogens is 1. The van der Waals surface area contributed by atoms with Crippen LogP contribution in [-0.4, -0.2) is 20.7 Å². The predicted molar refractivity (Wildman–Crippen MR) is 80.4 cm³/mol. The highest BCUT2D eigenvalue weighted by molar-refractivity contribution is 9.11. The molecule has 9 heteroatoms. The minimum absolute atomic E-state index is 0.00433. The van der Waals surface area contributed by atoms with Crippen molar-refractivity contribution in [1.29, 1.82) is 0 Å². The van der Waals surface area contributed by atoms with Gasteiger partial charge in [0.25, 0.3) is 15.9 Å². The molecule has 1 aromatic carbocycles. The summed E-state index contributed by atoms with van der Waals surface area (Å²) in [4.78, 5) is -0.00433. The highest BCUT2D eigenvalue weighted by Crippen LogP contribution is 2.32. The van der Waals surface area contributed by atoms with E-state index < -0.39 is 10.0 Å². The molecule has 20 heavy (non-hydrogen) atoms. The molecule has 0 aliphatic heterocycles. The minimum Gasteiger partial charge on any atom is -0.495 e. The van der Waals surface area contributed by atoms with E-state index in [0.29, 0.717) is 14.6 Å². The van der Waals surface area contributed by atoms with E-state index in [2.05, 4.69) is 41.7 Å². The number of ether oxygens (including phenoxy) is 1. The SMILES string of the molecule is COc1ccc(Br)cc1S(=O)(=O)Nc1onc(C)c1Br. The summed E-state index contributed by atoms with van der Waals surface area (Å²) in [7, 11) is -2.46. The van der Waals surface area contributed by atoms with E-state index in [9.17, 15) is 8.42 Å². The van der Waals surface area contributed by atoms with Crippen LogP contribution in [-0.2, 0) is 10.0 Å². The Hall–Kier alpha value is -1.06. The van der Waals surface area contributed by atoms with Crippen molar-refractivity contribution >= 4 is 47.8 Å². The van der Waals surface area contributed by atoms with Crippen molar-refractivity contribution in [3.05, 3.63) is 32.8 Å². The van der Waals surface area contributed by atoms with Crippen LogP contribution in [0.4, 0.5) is 5.88 Å². The van der Waals surface area contributed by atoms with E-state index in [1.54, 1.807) is 19.1 Å². The summed E-state index contributed by atoms with van der Waals surface area (Å²) < 4.78 is 38.1. The molecule has 0 radical (unpaired) electrons. The van der Waals surface area contributed by atoms with Crippen LogP contribution in [0.3, 0.4) is 0 Å². The second-order valence-electron chi connectivity index (χ2n) is 3.81. The average Bonchev–Trinajstić information content (AvgIpc) is 2.70. The number of anilines is 1. The van der Waals surface area contributed by atoms with E-state index in [4.69, 9.17) is 9.26 Å². The van der Waals surface area contributed by atoms with Gasteiger partial charge in [-0.3, -0.25) is 0 Å². The van der Waals surface area contributed by atoms with Crippen LogP contribution in [0.5, 0.6) is 5.75 Å². The zero-order valence-electron chi connectivity index (χ0n) is 10.5. The molecule has 0 atom stereocenters. The number of hydrogen-bond donors (Lipinski definition) is 1. The molecule has 0 spiro atoms. The molecule has 0 fully saturated rings. The van der Waals surface area contributed by atoms with Crippen LogP contribution in [0.15, 0.2) is 36.6 Å². The van der Waals surface area contributed by atoms with Crippen molar-refractivity contribution in [2.24, 2.45) is 0 Å². The molecule has 108 valence electrons. The van der Waals surface area contributed by atoms with E-state index in [-0.39, 0.29) is 16.5 Å². The summed E-state index contributed by atoms with van der Waals surface area (Å²) in [5, 5.41) is 3.66. The number of rotatable bonds is 4. The molecule has 0 amide bonds. The molecule has 2 rings (SSSR count). The van der Waals surface area contributed by atoms with E-state index >= 15 is 0 Å². The molecular formula is C11H10Br2N2O4S. The first kappa shape index (κ1) is 15.3. The van der Waals surface area contributed by atoms with E-state index in [1.807, 2.05) is 0 Å². The zero-order valence-corrected chi connectivity index (χ0v) is 14.5. The quantitative estimate of drug-likeness (QED) is 0.812. The summed E-state index contributed by atoms with van der Waals surface area (Å²) in [5.74, 6) is 0.248. The first-order valence-electron chi connectivity index (χ1n) is 5.33. The van der Waals surface area contributed by atoms with Gasteiger partial charge >= 0.3 is 0 Å². The third-order valence-corrected chi connectivity index (χ3v) is 5.21. The highest BCUT2D eigenvalue weighted by atomic mass is 79.9. The number of nitrogens with one attached hydrogen (secondary N) is 1.